The molecule has 1 atom stereocenters. The Morgan fingerprint density at radius 1 is 1.09 bits per heavy atom. The highest BCUT2D eigenvalue weighted by Crippen LogP contribution is 2.34. The molecular formula is C29H40ClNO. The second-order valence-corrected chi connectivity index (χ2v) is 9.08. The van der Waals surface area contributed by atoms with E-state index in [4.69, 9.17) is 16.3 Å². The van der Waals surface area contributed by atoms with Gasteiger partial charge in [0.15, 0.2) is 0 Å². The van der Waals surface area contributed by atoms with Gasteiger partial charge in [-0.1, -0.05) is 50.1 Å². The fourth-order valence-corrected chi connectivity index (χ4v) is 4.15. The van der Waals surface area contributed by atoms with Crippen LogP contribution in [0.25, 0.3) is 0 Å². The zero-order valence-electron chi connectivity index (χ0n) is 20.4. The van der Waals surface area contributed by atoms with Crippen molar-refractivity contribution in [3.8, 4) is 17.6 Å². The lowest BCUT2D eigenvalue weighted by Gasteiger charge is -2.26. The highest BCUT2D eigenvalue weighted by molar-refractivity contribution is 6.30. The maximum atomic E-state index is 6.19. The molecule has 2 aromatic rings. The summed E-state index contributed by atoms with van der Waals surface area (Å²) in [6, 6.07) is 14.8. The molecule has 1 unspecified atom stereocenters. The predicted molar refractivity (Wildman–Crippen MR) is 140 cm³/mol. The van der Waals surface area contributed by atoms with Crippen molar-refractivity contribution in [1.82, 2.24) is 0 Å². The van der Waals surface area contributed by atoms with Crippen LogP contribution in [0.4, 0.5) is 5.69 Å². The van der Waals surface area contributed by atoms with Gasteiger partial charge in [-0.15, -0.1) is 11.8 Å². The van der Waals surface area contributed by atoms with Crippen molar-refractivity contribution in [1.29, 1.82) is 0 Å². The van der Waals surface area contributed by atoms with E-state index in [1.165, 1.54) is 48.9 Å². The van der Waals surface area contributed by atoms with E-state index in [9.17, 15) is 0 Å². The molecule has 1 aliphatic rings. The minimum Gasteiger partial charge on any atom is -0.491 e. The third-order valence-electron chi connectivity index (χ3n) is 5.71. The summed E-state index contributed by atoms with van der Waals surface area (Å²) in [5.41, 5.74) is 3.90. The van der Waals surface area contributed by atoms with Crippen LogP contribution in [0.3, 0.4) is 0 Å². The number of anilines is 1. The predicted octanol–water partition coefficient (Wildman–Crippen LogP) is 8.10. The van der Waals surface area contributed by atoms with Crippen LogP contribution in [0.1, 0.15) is 70.4 Å². The molecule has 0 radical (unpaired) electrons. The number of rotatable bonds is 8. The maximum absolute atomic E-state index is 6.19. The van der Waals surface area contributed by atoms with Gasteiger partial charge in [0.25, 0.3) is 0 Å². The lowest BCUT2D eigenvalue weighted by Crippen LogP contribution is -2.30. The molecular weight excluding hydrogens is 414 g/mol. The zero-order chi connectivity index (χ0) is 23.2. The van der Waals surface area contributed by atoms with Crippen molar-refractivity contribution in [2.75, 3.05) is 24.6 Å². The van der Waals surface area contributed by atoms with Crippen LogP contribution in [0.15, 0.2) is 42.5 Å². The van der Waals surface area contributed by atoms with Crippen molar-refractivity contribution in [3.63, 3.8) is 0 Å². The van der Waals surface area contributed by atoms with Gasteiger partial charge in [0.2, 0.25) is 0 Å². The molecule has 1 heterocycles. The van der Waals surface area contributed by atoms with Gasteiger partial charge in [-0.25, -0.2) is 0 Å². The number of benzene rings is 2. The molecule has 2 nitrogen and oxygen atoms in total. The first-order chi connectivity index (χ1) is 15.6. The van der Waals surface area contributed by atoms with Crippen molar-refractivity contribution in [2.45, 2.75) is 72.6 Å². The highest BCUT2D eigenvalue weighted by atomic mass is 35.5. The molecule has 0 fully saturated rings. The first-order valence-electron chi connectivity index (χ1n) is 12.2. The average molecular weight is 454 g/mol. The number of ether oxygens (including phenoxy) is 1. The molecule has 1 aliphatic heterocycles. The average Bonchev–Trinajstić information content (AvgIpc) is 2.96. The molecule has 32 heavy (non-hydrogen) atoms. The number of hydrogen-bond donors (Lipinski definition) is 0. The number of nitrogens with zero attached hydrogens (tertiary/aromatic N) is 1. The second-order valence-electron chi connectivity index (χ2n) is 8.65. The normalized spacial score (nSPS) is 14.8. The van der Waals surface area contributed by atoms with Gasteiger partial charge in [0.05, 0.1) is 12.3 Å². The second kappa shape index (κ2) is 14.9. The first kappa shape index (κ1) is 26.1. The Bertz CT molecular complexity index is 867. The zero-order valence-corrected chi connectivity index (χ0v) is 21.2. The van der Waals surface area contributed by atoms with E-state index in [1.54, 1.807) is 0 Å². The van der Waals surface area contributed by atoms with Crippen LogP contribution >= 0.6 is 11.6 Å². The van der Waals surface area contributed by atoms with Gasteiger partial charge in [-0.3, -0.25) is 0 Å². The SMILES string of the molecule is CC#CCCC.CCCCN1CC(CCCc2cccc(Cl)c2)COc2ccc(C)cc21. The van der Waals surface area contributed by atoms with E-state index in [0.717, 1.165) is 43.3 Å². The van der Waals surface area contributed by atoms with Crippen LogP contribution in [0, 0.1) is 24.7 Å². The standard InChI is InChI=1S/C23H30ClNO.C6H10/c1-3-4-13-25-16-20(9-5-7-19-8-6-10-21(24)15-19)17-26-23-12-11-18(2)14-22(23)25;1-3-5-6-4-2/h6,8,10-12,14-15,20H,3-5,7,9,13,16-17H2,1-2H3;3,5H2,1-2H3. The fourth-order valence-electron chi connectivity index (χ4n) is 3.94. The summed E-state index contributed by atoms with van der Waals surface area (Å²) in [7, 11) is 0. The fraction of sp³-hybridized carbons (Fsp3) is 0.517. The third kappa shape index (κ3) is 9.17. The summed E-state index contributed by atoms with van der Waals surface area (Å²) in [5, 5.41) is 0.830. The summed E-state index contributed by atoms with van der Waals surface area (Å²) < 4.78 is 6.19. The van der Waals surface area contributed by atoms with E-state index in [-0.39, 0.29) is 0 Å². The van der Waals surface area contributed by atoms with E-state index < -0.39 is 0 Å². The molecule has 2 aromatic carbocycles. The minimum atomic E-state index is 0.568. The molecule has 0 aromatic heterocycles. The van der Waals surface area contributed by atoms with E-state index in [2.05, 4.69) is 67.8 Å². The monoisotopic (exact) mass is 453 g/mol. The molecule has 0 spiro atoms. The van der Waals surface area contributed by atoms with Crippen molar-refractivity contribution >= 4 is 17.3 Å². The molecule has 3 heteroatoms. The van der Waals surface area contributed by atoms with Crippen molar-refractivity contribution in [3.05, 3.63) is 58.6 Å². The highest BCUT2D eigenvalue weighted by Gasteiger charge is 2.22. The van der Waals surface area contributed by atoms with Crippen LogP contribution in [-0.2, 0) is 6.42 Å². The van der Waals surface area contributed by atoms with Gasteiger partial charge in [-0.2, -0.15) is 0 Å². The summed E-state index contributed by atoms with van der Waals surface area (Å²) >= 11 is 6.10. The minimum absolute atomic E-state index is 0.568. The molecule has 0 saturated carbocycles. The van der Waals surface area contributed by atoms with Crippen LogP contribution in [0.2, 0.25) is 5.02 Å². The summed E-state index contributed by atoms with van der Waals surface area (Å²) in [5.74, 6) is 7.38. The van der Waals surface area contributed by atoms with Gasteiger partial charge in [0, 0.05) is 30.5 Å². The summed E-state index contributed by atoms with van der Waals surface area (Å²) in [6.07, 6.45) is 8.11. The molecule has 3 rings (SSSR count). The molecule has 0 aliphatic carbocycles. The van der Waals surface area contributed by atoms with E-state index in [0.29, 0.717) is 5.92 Å². The summed E-state index contributed by atoms with van der Waals surface area (Å²) in [4.78, 5) is 2.54. The van der Waals surface area contributed by atoms with Crippen molar-refractivity contribution < 1.29 is 4.74 Å². The molecule has 174 valence electrons. The Hall–Kier alpha value is -2.11. The van der Waals surface area contributed by atoms with Gasteiger partial charge in [0.1, 0.15) is 5.75 Å². The summed E-state index contributed by atoms with van der Waals surface area (Å²) in [6.45, 7) is 11.4. The third-order valence-corrected chi connectivity index (χ3v) is 5.94. The Morgan fingerprint density at radius 3 is 2.62 bits per heavy atom. The van der Waals surface area contributed by atoms with Crippen LogP contribution in [0.5, 0.6) is 5.75 Å². The number of aryl methyl sites for hydroxylation is 2. The van der Waals surface area contributed by atoms with Gasteiger partial charge < -0.3 is 9.64 Å². The molecule has 0 N–H and O–H groups in total. The van der Waals surface area contributed by atoms with Crippen LogP contribution < -0.4 is 9.64 Å². The van der Waals surface area contributed by atoms with Gasteiger partial charge >= 0.3 is 0 Å². The molecule has 0 saturated heterocycles. The lowest BCUT2D eigenvalue weighted by molar-refractivity contribution is 0.251. The lowest BCUT2D eigenvalue weighted by atomic mass is 9.99. The van der Waals surface area contributed by atoms with Crippen LogP contribution in [-0.4, -0.2) is 19.7 Å². The molecule has 0 bridgehead atoms. The quantitative estimate of drug-likeness (QED) is 0.374. The molecule has 0 amide bonds. The maximum Gasteiger partial charge on any atom is 0.142 e. The van der Waals surface area contributed by atoms with Gasteiger partial charge in [-0.05, 0) is 81.3 Å². The Kier molecular flexibility index (Phi) is 12.1. The Morgan fingerprint density at radius 2 is 1.94 bits per heavy atom. The topological polar surface area (TPSA) is 12.5 Å². The first-order valence-corrected chi connectivity index (χ1v) is 12.6. The Labute approximate surface area is 201 Å². The largest absolute Gasteiger partial charge is 0.491 e. The number of unbranched alkanes of at least 4 members (excludes halogenated alkanes) is 2. The number of halogens is 1. The van der Waals surface area contributed by atoms with E-state index >= 15 is 0 Å². The van der Waals surface area contributed by atoms with E-state index in [1.807, 2.05) is 19.1 Å². The number of fused-ring (bicyclic) bond motifs is 1. The Balaban J connectivity index is 0.000000534. The van der Waals surface area contributed by atoms with Crippen molar-refractivity contribution in [2.24, 2.45) is 5.92 Å². The smallest absolute Gasteiger partial charge is 0.142 e. The number of hydrogen-bond acceptors (Lipinski definition) is 2.